The summed E-state index contributed by atoms with van der Waals surface area (Å²) in [4.78, 5) is 10.3. The highest BCUT2D eigenvalue weighted by atomic mass is 35.5. The van der Waals surface area contributed by atoms with Crippen LogP contribution in [0.4, 0.5) is 5.69 Å². The van der Waals surface area contributed by atoms with E-state index in [9.17, 15) is 0 Å². The second-order valence-electron chi connectivity index (χ2n) is 2.49. The number of fused-ring (bicyclic) bond motifs is 1. The van der Waals surface area contributed by atoms with Gasteiger partial charge >= 0.3 is 0 Å². The summed E-state index contributed by atoms with van der Waals surface area (Å²) in [6.45, 7) is 5.99. The molecule has 0 radical (unpaired) electrons. The fraction of sp³-hybridized carbons (Fsp3) is 0.333. The van der Waals surface area contributed by atoms with Gasteiger partial charge in [-0.05, 0) is 6.92 Å². The molecule has 0 spiro atoms. The molecule has 0 aliphatic rings. The van der Waals surface area contributed by atoms with Gasteiger partial charge in [-0.1, -0.05) is 38.3 Å². The molecule has 0 aromatic carbocycles. The second kappa shape index (κ2) is 5.53. The van der Waals surface area contributed by atoms with Crippen molar-refractivity contribution in [1.29, 1.82) is 0 Å². The van der Waals surface area contributed by atoms with Crippen LogP contribution in [0.5, 0.6) is 0 Å². The molecule has 6 heteroatoms. The Kier molecular flexibility index (Phi) is 4.63. The summed E-state index contributed by atoms with van der Waals surface area (Å²) in [5.74, 6) is 0. The number of thiophene rings is 1. The highest BCUT2D eigenvalue weighted by molar-refractivity contribution is 7.81. The van der Waals surface area contributed by atoms with Crippen LogP contribution in [-0.2, 0) is 0 Å². The third-order valence-corrected chi connectivity index (χ3v) is 3.06. The highest BCUT2D eigenvalue weighted by Crippen LogP contribution is 2.33. The van der Waals surface area contributed by atoms with Crippen molar-refractivity contribution in [2.24, 2.45) is 0 Å². The topological polar surface area (TPSA) is 37.8 Å². The molecule has 2 heterocycles. The van der Waals surface area contributed by atoms with Crippen LogP contribution in [0.25, 0.3) is 10.3 Å². The average molecular weight is 262 g/mol. The van der Waals surface area contributed by atoms with Crippen molar-refractivity contribution in [2.45, 2.75) is 20.8 Å². The van der Waals surface area contributed by atoms with Gasteiger partial charge in [-0.3, -0.25) is 0 Å². The fourth-order valence-electron chi connectivity index (χ4n) is 1.09. The number of aryl methyl sites for hydroxylation is 1. The van der Waals surface area contributed by atoms with Gasteiger partial charge in [0.15, 0.2) is 0 Å². The molecular weight excluding hydrogens is 250 g/mol. The van der Waals surface area contributed by atoms with Crippen LogP contribution >= 0.6 is 35.8 Å². The number of hydrogen-bond acceptors (Lipinski definition) is 5. The van der Waals surface area contributed by atoms with E-state index in [1.807, 2.05) is 20.8 Å². The first-order valence-electron chi connectivity index (χ1n) is 4.54. The van der Waals surface area contributed by atoms with Crippen molar-refractivity contribution in [2.75, 3.05) is 4.72 Å². The van der Waals surface area contributed by atoms with Gasteiger partial charge in [0.2, 0.25) is 0 Å². The molecule has 0 amide bonds. The number of aromatic nitrogens is 2. The van der Waals surface area contributed by atoms with Crippen molar-refractivity contribution < 1.29 is 0 Å². The van der Waals surface area contributed by atoms with Crippen molar-refractivity contribution >= 4 is 51.8 Å². The molecule has 0 aliphatic carbocycles. The summed E-state index contributed by atoms with van der Waals surface area (Å²) in [6, 6.07) is 0. The smallest absolute Gasteiger partial charge is 0.149 e. The van der Waals surface area contributed by atoms with E-state index in [2.05, 4.69) is 27.5 Å². The maximum absolute atomic E-state index is 5.72. The molecule has 2 rings (SSSR count). The largest absolute Gasteiger partial charge is 0.330 e. The first-order chi connectivity index (χ1) is 7.22. The molecule has 82 valence electrons. The quantitative estimate of drug-likeness (QED) is 0.764. The molecule has 0 saturated heterocycles. The van der Waals surface area contributed by atoms with Crippen molar-refractivity contribution in [1.82, 2.24) is 9.97 Å². The predicted molar refractivity (Wildman–Crippen MR) is 71.1 cm³/mol. The maximum atomic E-state index is 5.72. The van der Waals surface area contributed by atoms with Gasteiger partial charge in [-0.25, -0.2) is 9.97 Å². The second-order valence-corrected chi connectivity index (χ2v) is 4.31. The van der Waals surface area contributed by atoms with E-state index in [1.165, 1.54) is 6.20 Å². The van der Waals surface area contributed by atoms with E-state index >= 15 is 0 Å². The summed E-state index contributed by atoms with van der Waals surface area (Å²) >= 11 is 11.3. The number of halogens is 1. The molecule has 15 heavy (non-hydrogen) atoms. The number of hydrogen-bond donors (Lipinski definition) is 2. The van der Waals surface area contributed by atoms with Crippen molar-refractivity contribution in [3.05, 3.63) is 16.2 Å². The van der Waals surface area contributed by atoms with Crippen LogP contribution in [0.3, 0.4) is 0 Å². The molecule has 0 fully saturated rings. The fourth-order valence-corrected chi connectivity index (χ4v) is 2.56. The Morgan fingerprint density at radius 1 is 1.47 bits per heavy atom. The van der Waals surface area contributed by atoms with Gasteiger partial charge in [0.1, 0.15) is 15.5 Å². The number of rotatable bonds is 1. The van der Waals surface area contributed by atoms with Gasteiger partial charge in [0.25, 0.3) is 0 Å². The lowest BCUT2D eigenvalue weighted by molar-refractivity contribution is 1.32. The Morgan fingerprint density at radius 2 is 2.13 bits per heavy atom. The van der Waals surface area contributed by atoms with Crippen molar-refractivity contribution in [3.8, 4) is 0 Å². The Hall–Kier alpha value is -0.520. The van der Waals surface area contributed by atoms with Crippen LogP contribution in [0.1, 0.15) is 18.7 Å². The van der Waals surface area contributed by atoms with Crippen LogP contribution < -0.4 is 4.72 Å². The minimum Gasteiger partial charge on any atom is -0.330 e. The number of thiol groups is 1. The Bertz CT molecular complexity index is 456. The highest BCUT2D eigenvalue weighted by Gasteiger charge is 2.10. The molecule has 0 saturated carbocycles. The first kappa shape index (κ1) is 12.5. The van der Waals surface area contributed by atoms with Gasteiger partial charge < -0.3 is 4.72 Å². The van der Waals surface area contributed by atoms with E-state index in [-0.39, 0.29) is 0 Å². The zero-order valence-corrected chi connectivity index (χ0v) is 11.2. The number of nitrogens with zero attached hydrogens (tertiary/aromatic N) is 2. The zero-order chi connectivity index (χ0) is 11.4. The number of nitrogens with one attached hydrogen (secondary N) is 1. The molecule has 0 unspecified atom stereocenters. The summed E-state index contributed by atoms with van der Waals surface area (Å²) in [7, 11) is 0. The lowest BCUT2D eigenvalue weighted by atomic mass is 10.4. The maximum Gasteiger partial charge on any atom is 0.149 e. The minimum absolute atomic E-state index is 0.416. The standard InChI is InChI=1S/C7H6ClN3S2.C2H6/c1-3-5(11-12)6-7(13-3)10-4(8)2-9-6;1-2/h2,11-12H,1H3;1-2H3. The normalized spacial score (nSPS) is 9.67. The molecule has 3 nitrogen and oxygen atoms in total. The first-order valence-corrected chi connectivity index (χ1v) is 6.18. The van der Waals surface area contributed by atoms with E-state index in [0.29, 0.717) is 5.15 Å². The SMILES string of the molecule is CC.Cc1sc2nc(Cl)cnc2c1NS. The lowest BCUT2D eigenvalue weighted by Crippen LogP contribution is -1.84. The molecule has 1 N–H and O–H groups in total. The van der Waals surface area contributed by atoms with E-state index in [4.69, 9.17) is 11.6 Å². The zero-order valence-electron chi connectivity index (χ0n) is 8.71. The molecule has 0 atom stereocenters. The monoisotopic (exact) mass is 261 g/mol. The minimum atomic E-state index is 0.416. The Labute approximate surface area is 103 Å². The summed E-state index contributed by atoms with van der Waals surface area (Å²) in [6.07, 6.45) is 1.53. The molecular formula is C9H12ClN3S2. The molecule has 0 bridgehead atoms. The summed E-state index contributed by atoms with van der Waals surface area (Å²) < 4.78 is 2.80. The van der Waals surface area contributed by atoms with Crippen LogP contribution in [0.15, 0.2) is 6.20 Å². The predicted octanol–water partition coefficient (Wildman–Crippen LogP) is 3.94. The molecule has 2 aromatic rings. The van der Waals surface area contributed by atoms with Gasteiger partial charge in [0, 0.05) is 4.88 Å². The van der Waals surface area contributed by atoms with Crippen molar-refractivity contribution in [3.63, 3.8) is 0 Å². The Balaban J connectivity index is 0.000000531. The van der Waals surface area contributed by atoms with Crippen LogP contribution in [0.2, 0.25) is 5.15 Å². The molecule has 0 aliphatic heterocycles. The third kappa shape index (κ3) is 2.53. The molecule has 2 aromatic heterocycles. The van der Waals surface area contributed by atoms with E-state index in [0.717, 1.165) is 20.9 Å². The summed E-state index contributed by atoms with van der Waals surface area (Å²) in [5, 5.41) is 0.416. The van der Waals surface area contributed by atoms with Gasteiger partial charge in [-0.2, -0.15) is 0 Å². The van der Waals surface area contributed by atoms with Crippen LogP contribution in [-0.4, -0.2) is 9.97 Å². The lowest BCUT2D eigenvalue weighted by Gasteiger charge is -1.95. The average Bonchev–Trinajstić information content (AvgIpc) is 2.55. The summed E-state index contributed by atoms with van der Waals surface area (Å²) in [5.41, 5.74) is 1.73. The third-order valence-electron chi connectivity index (χ3n) is 1.66. The van der Waals surface area contributed by atoms with Gasteiger partial charge in [-0.15, -0.1) is 11.3 Å². The van der Waals surface area contributed by atoms with E-state index < -0.39 is 0 Å². The van der Waals surface area contributed by atoms with Crippen LogP contribution in [0, 0.1) is 6.92 Å². The van der Waals surface area contributed by atoms with Gasteiger partial charge in [0.05, 0.1) is 11.9 Å². The Morgan fingerprint density at radius 3 is 2.73 bits per heavy atom. The number of anilines is 1. The van der Waals surface area contributed by atoms with E-state index in [1.54, 1.807) is 11.3 Å².